The van der Waals surface area contributed by atoms with Crippen LogP contribution < -0.4 is 5.32 Å². The Balaban J connectivity index is 2.39. The Morgan fingerprint density at radius 2 is 1.88 bits per heavy atom. The van der Waals surface area contributed by atoms with Gasteiger partial charge < -0.3 is 10.1 Å². The molecule has 1 atom stereocenters. The van der Waals surface area contributed by atoms with Crippen LogP contribution >= 0.6 is 15.9 Å². The Hall–Kier alpha value is -0.0900. The molecule has 1 rings (SSSR count). The molecule has 94 valence electrons. The predicted octanol–water partition coefficient (Wildman–Crippen LogP) is 2.19. The standard InChI is InChI=1S/C12H22BrNO2/c1-11(2)9(12(11,3)4)10(15)14-6-8(13)7-16-5/h8-9H,6-7H2,1-5H3,(H,14,15). The minimum absolute atomic E-state index is 0.111. The minimum Gasteiger partial charge on any atom is -0.383 e. The van der Waals surface area contributed by atoms with Crippen molar-refractivity contribution in [1.29, 1.82) is 0 Å². The summed E-state index contributed by atoms with van der Waals surface area (Å²) in [6.07, 6.45) is 0. The summed E-state index contributed by atoms with van der Waals surface area (Å²) in [4.78, 5) is 12.2. The van der Waals surface area contributed by atoms with Crippen LogP contribution in [0, 0.1) is 16.7 Å². The normalized spacial score (nSPS) is 23.9. The van der Waals surface area contributed by atoms with E-state index in [-0.39, 0.29) is 27.5 Å². The Labute approximate surface area is 106 Å². The van der Waals surface area contributed by atoms with Gasteiger partial charge in [-0.25, -0.2) is 0 Å². The summed E-state index contributed by atoms with van der Waals surface area (Å²) < 4.78 is 5.00. The van der Waals surface area contributed by atoms with E-state index in [1.54, 1.807) is 7.11 Å². The van der Waals surface area contributed by atoms with Crippen LogP contribution in [0.25, 0.3) is 0 Å². The molecule has 1 fully saturated rings. The zero-order chi connectivity index (χ0) is 12.6. The SMILES string of the molecule is COCC(Br)CNC(=O)C1C(C)(C)C1(C)C. The lowest BCUT2D eigenvalue weighted by molar-refractivity contribution is -0.123. The molecule has 0 saturated heterocycles. The lowest BCUT2D eigenvalue weighted by atomic mass is 10.0. The molecule has 0 aromatic rings. The molecule has 0 heterocycles. The van der Waals surface area contributed by atoms with Crippen molar-refractivity contribution in [1.82, 2.24) is 5.32 Å². The zero-order valence-electron chi connectivity index (χ0n) is 10.8. The van der Waals surface area contributed by atoms with Gasteiger partial charge in [-0.05, 0) is 10.8 Å². The van der Waals surface area contributed by atoms with Gasteiger partial charge in [0.1, 0.15) is 0 Å². The van der Waals surface area contributed by atoms with E-state index in [0.29, 0.717) is 13.2 Å². The monoisotopic (exact) mass is 291 g/mol. The Bertz CT molecular complexity index is 262. The third-order valence-corrected chi connectivity index (χ3v) is 4.72. The van der Waals surface area contributed by atoms with Crippen molar-refractivity contribution in [2.75, 3.05) is 20.3 Å². The largest absolute Gasteiger partial charge is 0.383 e. The van der Waals surface area contributed by atoms with Gasteiger partial charge in [0.05, 0.1) is 11.4 Å². The summed E-state index contributed by atoms with van der Waals surface area (Å²) >= 11 is 3.45. The van der Waals surface area contributed by atoms with Crippen LogP contribution in [0.4, 0.5) is 0 Å². The molecular formula is C12H22BrNO2. The van der Waals surface area contributed by atoms with Crippen LogP contribution in [0.15, 0.2) is 0 Å². The van der Waals surface area contributed by atoms with Gasteiger partial charge in [0.2, 0.25) is 5.91 Å². The van der Waals surface area contributed by atoms with Crippen molar-refractivity contribution in [3.05, 3.63) is 0 Å². The molecule has 0 aromatic heterocycles. The fourth-order valence-electron chi connectivity index (χ4n) is 2.41. The molecule has 4 heteroatoms. The maximum absolute atomic E-state index is 12.0. The van der Waals surface area contributed by atoms with E-state index >= 15 is 0 Å². The van der Waals surface area contributed by atoms with Crippen molar-refractivity contribution < 1.29 is 9.53 Å². The zero-order valence-corrected chi connectivity index (χ0v) is 12.3. The van der Waals surface area contributed by atoms with Crippen molar-refractivity contribution in [2.24, 2.45) is 16.7 Å². The molecule has 0 spiro atoms. The van der Waals surface area contributed by atoms with Crippen molar-refractivity contribution in [3.63, 3.8) is 0 Å². The molecule has 1 aliphatic rings. The van der Waals surface area contributed by atoms with E-state index in [1.807, 2.05) is 0 Å². The Kier molecular flexibility index (Phi) is 4.06. The highest BCUT2D eigenvalue weighted by Gasteiger charge is 2.68. The Morgan fingerprint density at radius 1 is 1.38 bits per heavy atom. The third kappa shape index (κ3) is 2.43. The van der Waals surface area contributed by atoms with Crippen molar-refractivity contribution >= 4 is 21.8 Å². The first kappa shape index (κ1) is 14.0. The maximum Gasteiger partial charge on any atom is 0.224 e. The number of halogens is 1. The summed E-state index contributed by atoms with van der Waals surface area (Å²) in [6, 6.07) is 0. The molecule has 1 saturated carbocycles. The highest BCUT2D eigenvalue weighted by Crippen LogP contribution is 2.68. The van der Waals surface area contributed by atoms with Crippen LogP contribution in [0.2, 0.25) is 0 Å². The fraction of sp³-hybridized carbons (Fsp3) is 0.917. The summed E-state index contributed by atoms with van der Waals surface area (Å²) in [5, 5.41) is 2.97. The topological polar surface area (TPSA) is 38.3 Å². The van der Waals surface area contributed by atoms with Gasteiger partial charge in [-0.15, -0.1) is 0 Å². The Morgan fingerprint density at radius 3 is 2.25 bits per heavy atom. The first-order valence-electron chi connectivity index (χ1n) is 5.66. The van der Waals surface area contributed by atoms with E-state index in [2.05, 4.69) is 48.9 Å². The van der Waals surface area contributed by atoms with Crippen LogP contribution in [0.5, 0.6) is 0 Å². The van der Waals surface area contributed by atoms with Gasteiger partial charge in [0.15, 0.2) is 0 Å². The lowest BCUT2D eigenvalue weighted by Crippen LogP contribution is -2.33. The van der Waals surface area contributed by atoms with Crippen LogP contribution in [-0.4, -0.2) is 31.0 Å². The molecule has 3 nitrogen and oxygen atoms in total. The van der Waals surface area contributed by atoms with Gasteiger partial charge in [0, 0.05) is 19.6 Å². The average Bonchev–Trinajstić information content (AvgIpc) is 2.54. The molecular weight excluding hydrogens is 270 g/mol. The number of amides is 1. The summed E-state index contributed by atoms with van der Waals surface area (Å²) in [5.74, 6) is 0.290. The fourth-order valence-corrected chi connectivity index (χ4v) is 2.83. The third-order valence-electron chi connectivity index (χ3n) is 4.13. The number of nitrogens with one attached hydrogen (secondary N) is 1. The second-order valence-electron chi connectivity index (χ2n) is 5.67. The number of carbonyl (C=O) groups is 1. The van der Waals surface area contributed by atoms with E-state index < -0.39 is 0 Å². The summed E-state index contributed by atoms with van der Waals surface area (Å²) in [7, 11) is 1.66. The molecule has 1 N–H and O–H groups in total. The minimum atomic E-state index is 0.111. The molecule has 1 unspecified atom stereocenters. The molecule has 0 aliphatic heterocycles. The first-order valence-corrected chi connectivity index (χ1v) is 6.57. The van der Waals surface area contributed by atoms with Crippen LogP contribution in [0.1, 0.15) is 27.7 Å². The smallest absolute Gasteiger partial charge is 0.224 e. The molecule has 0 bridgehead atoms. The highest BCUT2D eigenvalue weighted by molar-refractivity contribution is 9.09. The van der Waals surface area contributed by atoms with E-state index in [4.69, 9.17) is 4.74 Å². The van der Waals surface area contributed by atoms with Crippen molar-refractivity contribution in [3.8, 4) is 0 Å². The van der Waals surface area contributed by atoms with Crippen molar-refractivity contribution in [2.45, 2.75) is 32.5 Å². The van der Waals surface area contributed by atoms with Gasteiger partial charge in [0.25, 0.3) is 0 Å². The van der Waals surface area contributed by atoms with Crippen LogP contribution in [0.3, 0.4) is 0 Å². The number of methoxy groups -OCH3 is 1. The van der Waals surface area contributed by atoms with E-state index in [0.717, 1.165) is 0 Å². The number of ether oxygens (including phenoxy) is 1. The summed E-state index contributed by atoms with van der Waals surface area (Å²) in [6.45, 7) is 9.83. The second-order valence-corrected chi connectivity index (χ2v) is 6.97. The van der Waals surface area contributed by atoms with Gasteiger partial charge >= 0.3 is 0 Å². The molecule has 16 heavy (non-hydrogen) atoms. The quantitative estimate of drug-likeness (QED) is 0.789. The van der Waals surface area contributed by atoms with Gasteiger partial charge in [-0.2, -0.15) is 0 Å². The van der Waals surface area contributed by atoms with E-state index in [9.17, 15) is 4.79 Å². The number of hydrogen-bond donors (Lipinski definition) is 1. The lowest BCUT2D eigenvalue weighted by Gasteiger charge is -2.10. The second kappa shape index (κ2) is 4.65. The summed E-state index contributed by atoms with van der Waals surface area (Å²) in [5.41, 5.74) is 0.223. The molecule has 1 aliphatic carbocycles. The van der Waals surface area contributed by atoms with Gasteiger partial charge in [-0.1, -0.05) is 43.6 Å². The molecule has 1 amide bonds. The van der Waals surface area contributed by atoms with Crippen LogP contribution in [-0.2, 0) is 9.53 Å². The van der Waals surface area contributed by atoms with Gasteiger partial charge in [-0.3, -0.25) is 4.79 Å². The predicted molar refractivity (Wildman–Crippen MR) is 68.7 cm³/mol. The first-order chi connectivity index (χ1) is 7.25. The molecule has 0 radical (unpaired) electrons. The average molecular weight is 292 g/mol. The highest BCUT2D eigenvalue weighted by atomic mass is 79.9. The number of carbonyl (C=O) groups excluding carboxylic acids is 1. The molecule has 0 aromatic carbocycles. The van der Waals surface area contributed by atoms with E-state index in [1.165, 1.54) is 0 Å². The number of hydrogen-bond acceptors (Lipinski definition) is 2. The number of rotatable bonds is 5. The maximum atomic E-state index is 12.0. The number of alkyl halides is 1.